The fraction of sp³-hybridized carbons (Fsp3) is 0.474. The summed E-state index contributed by atoms with van der Waals surface area (Å²) in [6.07, 6.45) is 6.38. The van der Waals surface area contributed by atoms with Crippen LogP contribution < -0.4 is 4.72 Å². The van der Waals surface area contributed by atoms with Crippen molar-refractivity contribution in [2.75, 3.05) is 0 Å². The van der Waals surface area contributed by atoms with Gasteiger partial charge in [-0.3, -0.25) is 4.72 Å². The van der Waals surface area contributed by atoms with Crippen LogP contribution in [0, 0.1) is 13.8 Å². The first-order valence-corrected chi connectivity index (χ1v) is 9.96. The zero-order valence-corrected chi connectivity index (χ0v) is 15.9. The summed E-state index contributed by atoms with van der Waals surface area (Å²) < 4.78 is 8.97. The molecule has 138 valence electrons. The number of rotatable bonds is 5. The van der Waals surface area contributed by atoms with Crippen LogP contribution in [0.4, 0.5) is 0 Å². The highest BCUT2D eigenvalue weighted by Crippen LogP contribution is 2.35. The normalized spacial score (nSPS) is 15.8. The standard InChI is InChI=1S/C19H24N4O2S/c1-11-18(12(2)25-22-11)13-8-15-19(21-17(10-24)20-15)16(9-13)26-23-14-6-4-3-5-7-14/h8-9,14,23-24H,3-7,10H2,1-2H3,(H,20,21). The van der Waals surface area contributed by atoms with Crippen LogP contribution in [0.5, 0.6) is 0 Å². The second-order valence-corrected chi connectivity index (χ2v) is 7.85. The molecule has 2 aromatic heterocycles. The van der Waals surface area contributed by atoms with Crippen LogP contribution in [-0.4, -0.2) is 26.3 Å². The van der Waals surface area contributed by atoms with Crippen LogP contribution in [0.1, 0.15) is 49.4 Å². The van der Waals surface area contributed by atoms with Gasteiger partial charge in [-0.15, -0.1) is 0 Å². The van der Waals surface area contributed by atoms with E-state index in [-0.39, 0.29) is 6.61 Å². The smallest absolute Gasteiger partial charge is 0.141 e. The Labute approximate surface area is 156 Å². The molecule has 1 aliphatic carbocycles. The number of H-pyrrole nitrogens is 1. The van der Waals surface area contributed by atoms with Gasteiger partial charge < -0.3 is 14.6 Å². The van der Waals surface area contributed by atoms with Crippen molar-refractivity contribution in [3.8, 4) is 11.1 Å². The predicted octanol–water partition coefficient (Wildman–Crippen LogP) is 4.26. The second kappa shape index (κ2) is 7.42. The highest BCUT2D eigenvalue weighted by molar-refractivity contribution is 7.97. The molecule has 0 radical (unpaired) electrons. The van der Waals surface area contributed by atoms with E-state index in [1.807, 2.05) is 13.8 Å². The van der Waals surface area contributed by atoms with Crippen LogP contribution >= 0.6 is 11.9 Å². The fourth-order valence-electron chi connectivity index (χ4n) is 3.70. The fourth-order valence-corrected chi connectivity index (χ4v) is 4.66. The highest BCUT2D eigenvalue weighted by Gasteiger charge is 2.18. The van der Waals surface area contributed by atoms with E-state index >= 15 is 0 Å². The van der Waals surface area contributed by atoms with Gasteiger partial charge in [-0.1, -0.05) is 24.4 Å². The molecule has 0 amide bonds. The molecule has 0 unspecified atom stereocenters. The summed E-state index contributed by atoms with van der Waals surface area (Å²) >= 11 is 1.64. The monoisotopic (exact) mass is 372 g/mol. The van der Waals surface area contributed by atoms with E-state index in [1.165, 1.54) is 32.1 Å². The van der Waals surface area contributed by atoms with Gasteiger partial charge in [0.2, 0.25) is 0 Å². The summed E-state index contributed by atoms with van der Waals surface area (Å²) in [6, 6.07) is 4.73. The minimum Gasteiger partial charge on any atom is -0.388 e. The van der Waals surface area contributed by atoms with E-state index in [1.54, 1.807) is 11.9 Å². The molecule has 26 heavy (non-hydrogen) atoms. The molecule has 7 heteroatoms. The van der Waals surface area contributed by atoms with E-state index in [0.717, 1.165) is 38.5 Å². The number of fused-ring (bicyclic) bond motifs is 1. The summed E-state index contributed by atoms with van der Waals surface area (Å²) in [5.41, 5.74) is 4.75. The van der Waals surface area contributed by atoms with Crippen molar-refractivity contribution in [3.05, 3.63) is 29.4 Å². The molecule has 0 bridgehead atoms. The second-order valence-electron chi connectivity index (χ2n) is 6.97. The summed E-state index contributed by atoms with van der Waals surface area (Å²) in [7, 11) is 0. The molecule has 0 aliphatic heterocycles. The number of aliphatic hydroxyl groups is 1. The van der Waals surface area contributed by atoms with Gasteiger partial charge in [0.25, 0.3) is 0 Å². The Bertz CT molecular complexity index is 892. The molecule has 2 heterocycles. The van der Waals surface area contributed by atoms with Gasteiger partial charge in [0, 0.05) is 11.6 Å². The topological polar surface area (TPSA) is 87.0 Å². The van der Waals surface area contributed by atoms with Crippen LogP contribution in [0.25, 0.3) is 22.2 Å². The number of aromatic nitrogens is 3. The number of hydrogen-bond acceptors (Lipinski definition) is 6. The van der Waals surface area contributed by atoms with E-state index in [4.69, 9.17) is 4.52 Å². The Morgan fingerprint density at radius 1 is 1.27 bits per heavy atom. The third-order valence-corrected chi connectivity index (χ3v) is 6.00. The molecule has 3 aromatic rings. The maximum absolute atomic E-state index is 9.46. The number of benzene rings is 1. The molecule has 1 aliphatic rings. The summed E-state index contributed by atoms with van der Waals surface area (Å²) in [5.74, 6) is 1.38. The molecule has 0 saturated heterocycles. The lowest BCUT2D eigenvalue weighted by Gasteiger charge is -2.22. The summed E-state index contributed by atoms with van der Waals surface area (Å²) in [5, 5.41) is 13.5. The number of imidazole rings is 1. The summed E-state index contributed by atoms with van der Waals surface area (Å²) in [6.45, 7) is 3.78. The van der Waals surface area contributed by atoms with Gasteiger partial charge in [0.1, 0.15) is 23.7 Å². The maximum atomic E-state index is 9.46. The van der Waals surface area contributed by atoms with Crippen molar-refractivity contribution >= 4 is 23.0 Å². The molecule has 6 nitrogen and oxygen atoms in total. The molecular formula is C19H24N4O2S. The first kappa shape index (κ1) is 17.6. The molecule has 0 atom stereocenters. The maximum Gasteiger partial charge on any atom is 0.141 e. The first-order chi connectivity index (χ1) is 12.7. The Morgan fingerprint density at radius 2 is 2.08 bits per heavy atom. The van der Waals surface area contributed by atoms with Crippen LogP contribution in [-0.2, 0) is 6.61 Å². The molecule has 1 fully saturated rings. The van der Waals surface area contributed by atoms with Crippen molar-refractivity contribution in [2.45, 2.75) is 63.5 Å². The zero-order chi connectivity index (χ0) is 18.1. The van der Waals surface area contributed by atoms with Crippen LogP contribution in [0.15, 0.2) is 21.6 Å². The quantitative estimate of drug-likeness (QED) is 0.580. The Morgan fingerprint density at radius 3 is 2.77 bits per heavy atom. The number of nitrogens with one attached hydrogen (secondary N) is 2. The number of aromatic amines is 1. The average molecular weight is 372 g/mol. The molecule has 0 spiro atoms. The predicted molar refractivity (Wildman–Crippen MR) is 103 cm³/mol. The first-order valence-electron chi connectivity index (χ1n) is 9.15. The highest BCUT2D eigenvalue weighted by atomic mass is 32.2. The SMILES string of the molecule is Cc1noc(C)c1-c1cc(SNC2CCCCC2)c2nc(CO)[nH]c2c1. The molecule has 4 rings (SSSR count). The van der Waals surface area contributed by atoms with Crippen molar-refractivity contribution in [1.29, 1.82) is 0 Å². The van der Waals surface area contributed by atoms with E-state index in [0.29, 0.717) is 11.9 Å². The van der Waals surface area contributed by atoms with Gasteiger partial charge in [-0.2, -0.15) is 0 Å². The van der Waals surface area contributed by atoms with Gasteiger partial charge in [-0.25, -0.2) is 4.98 Å². The average Bonchev–Trinajstić information content (AvgIpc) is 3.23. The van der Waals surface area contributed by atoms with Gasteiger partial charge in [0.05, 0.1) is 16.1 Å². The molecule has 1 aromatic carbocycles. The molecule has 1 saturated carbocycles. The lowest BCUT2D eigenvalue weighted by Crippen LogP contribution is -2.25. The minimum atomic E-state index is -0.102. The van der Waals surface area contributed by atoms with Crippen molar-refractivity contribution in [3.63, 3.8) is 0 Å². The lowest BCUT2D eigenvalue weighted by molar-refractivity contribution is 0.273. The van der Waals surface area contributed by atoms with Crippen LogP contribution in [0.3, 0.4) is 0 Å². The van der Waals surface area contributed by atoms with Crippen molar-refractivity contribution in [1.82, 2.24) is 19.8 Å². The van der Waals surface area contributed by atoms with Crippen molar-refractivity contribution < 1.29 is 9.63 Å². The number of hydrogen-bond donors (Lipinski definition) is 3. The van der Waals surface area contributed by atoms with Crippen LogP contribution in [0.2, 0.25) is 0 Å². The van der Waals surface area contributed by atoms with E-state index in [2.05, 4.69) is 32.0 Å². The van der Waals surface area contributed by atoms with Crippen molar-refractivity contribution in [2.24, 2.45) is 0 Å². The molecule has 3 N–H and O–H groups in total. The van der Waals surface area contributed by atoms with E-state index in [9.17, 15) is 5.11 Å². The summed E-state index contributed by atoms with van der Waals surface area (Å²) in [4.78, 5) is 8.82. The molecular weight excluding hydrogens is 348 g/mol. The van der Waals surface area contributed by atoms with E-state index < -0.39 is 0 Å². The van der Waals surface area contributed by atoms with Gasteiger partial charge >= 0.3 is 0 Å². The number of aryl methyl sites for hydroxylation is 2. The third-order valence-electron chi connectivity index (χ3n) is 5.01. The van der Waals surface area contributed by atoms with Gasteiger partial charge in [-0.05, 0) is 56.3 Å². The zero-order valence-electron chi connectivity index (χ0n) is 15.1. The largest absolute Gasteiger partial charge is 0.388 e. The minimum absolute atomic E-state index is 0.102. The Balaban J connectivity index is 1.72. The van der Waals surface area contributed by atoms with Gasteiger partial charge in [0.15, 0.2) is 0 Å². The Kier molecular flexibility index (Phi) is 5.02. The Hall–Kier alpha value is -1.83. The third kappa shape index (κ3) is 3.39. The number of nitrogens with zero attached hydrogens (tertiary/aromatic N) is 2. The number of aliphatic hydroxyl groups excluding tert-OH is 1. The lowest BCUT2D eigenvalue weighted by atomic mass is 9.96.